The van der Waals surface area contributed by atoms with Crippen LogP contribution in [0.4, 0.5) is 11.4 Å². The lowest BCUT2D eigenvalue weighted by atomic mass is 9.77. The van der Waals surface area contributed by atoms with Crippen molar-refractivity contribution in [2.75, 3.05) is 19.0 Å². The molecule has 5 rings (SSSR count). The highest BCUT2D eigenvalue weighted by molar-refractivity contribution is 6.24. The van der Waals surface area contributed by atoms with E-state index in [2.05, 4.69) is 0 Å². The number of hydrogen-bond acceptors (Lipinski definition) is 5. The Labute approximate surface area is 220 Å². The van der Waals surface area contributed by atoms with Crippen LogP contribution in [0.15, 0.2) is 71.2 Å². The maximum absolute atomic E-state index is 13.2. The first kappa shape index (κ1) is 25.2. The van der Waals surface area contributed by atoms with Gasteiger partial charge in [-0.15, -0.1) is 0 Å². The third-order valence-electron chi connectivity index (χ3n) is 8.10. The average molecular weight is 513 g/mol. The first-order valence-corrected chi connectivity index (χ1v) is 12.2. The Balaban J connectivity index is 1.53. The number of carbonyl (C=O) groups excluding carboxylic acids is 1. The van der Waals surface area contributed by atoms with Crippen molar-refractivity contribution < 1.29 is 34.3 Å². The van der Waals surface area contributed by atoms with Crippen molar-refractivity contribution in [2.24, 2.45) is 0 Å². The Morgan fingerprint density at radius 2 is 1.50 bits per heavy atom. The fraction of sp³-hybridized carbons (Fsp3) is 0.267. The van der Waals surface area contributed by atoms with Crippen LogP contribution in [0.1, 0.15) is 59.5 Å². The van der Waals surface area contributed by atoms with E-state index in [-0.39, 0.29) is 33.8 Å². The molecule has 8 nitrogen and oxygen atoms in total. The zero-order valence-corrected chi connectivity index (χ0v) is 22.0. The van der Waals surface area contributed by atoms with Crippen LogP contribution < -0.4 is 10.0 Å². The standard InChI is InChI=1S/C30H28N2O6/c1-29(2)19-11-15(27(35)36)7-9-21(19)31(5)23(29)13-17-25(33)18(26(17)34)14-24-30(3,4)20-12-16(28(37)38)8-10-22(20)32(24)6/h7-14H,1-6H3,(H2-,33,34,35,36,37,38). The molecule has 0 fully saturated rings. The predicted molar refractivity (Wildman–Crippen MR) is 140 cm³/mol. The minimum Gasteiger partial charge on any atom is -0.871 e. The predicted octanol–water partition coefficient (Wildman–Crippen LogP) is 3.52. The van der Waals surface area contributed by atoms with Gasteiger partial charge in [-0.1, -0.05) is 19.6 Å². The zero-order valence-electron chi connectivity index (χ0n) is 22.0. The van der Waals surface area contributed by atoms with Gasteiger partial charge in [0.05, 0.1) is 16.5 Å². The molecule has 1 aliphatic carbocycles. The van der Waals surface area contributed by atoms with Crippen LogP contribution in [-0.4, -0.2) is 52.3 Å². The van der Waals surface area contributed by atoms with Gasteiger partial charge in [0.2, 0.25) is 5.69 Å². The van der Waals surface area contributed by atoms with Crippen molar-refractivity contribution in [1.29, 1.82) is 0 Å². The van der Waals surface area contributed by atoms with Crippen molar-refractivity contribution >= 4 is 34.8 Å². The molecule has 2 aromatic carbocycles. The number of rotatable bonds is 4. The fourth-order valence-corrected chi connectivity index (χ4v) is 5.82. The molecule has 0 unspecified atom stereocenters. The molecule has 38 heavy (non-hydrogen) atoms. The van der Waals surface area contributed by atoms with Crippen LogP contribution in [0.3, 0.4) is 0 Å². The molecule has 8 heteroatoms. The molecule has 2 N–H and O–H groups in total. The third-order valence-corrected chi connectivity index (χ3v) is 8.10. The number of carboxylic acid groups (broad SMARTS) is 2. The minimum absolute atomic E-state index is 0.0853. The number of benzene rings is 2. The summed E-state index contributed by atoms with van der Waals surface area (Å²) in [6.45, 7) is 7.75. The Morgan fingerprint density at radius 1 is 0.921 bits per heavy atom. The van der Waals surface area contributed by atoms with Crippen molar-refractivity contribution in [2.45, 2.75) is 38.5 Å². The Bertz CT molecular complexity index is 1620. The SMILES string of the molecule is CN1C(=CC2=C([O-])C(=CC3=[N+](C)c4ccc(C(=O)O)cc4C3(C)C)C2=O)C(C)(C)c2cc(C(=O)O)ccc21. The highest BCUT2D eigenvalue weighted by atomic mass is 16.4. The smallest absolute Gasteiger partial charge is 0.335 e. The summed E-state index contributed by atoms with van der Waals surface area (Å²) in [5.74, 6) is -2.74. The number of hydrogen-bond donors (Lipinski definition) is 2. The van der Waals surface area contributed by atoms with E-state index in [1.54, 1.807) is 48.6 Å². The fourth-order valence-electron chi connectivity index (χ4n) is 5.82. The number of carbonyl (C=O) groups is 3. The maximum atomic E-state index is 13.2. The second kappa shape index (κ2) is 8.02. The van der Waals surface area contributed by atoms with E-state index in [1.807, 2.05) is 51.3 Å². The number of anilines is 1. The number of aromatic carboxylic acids is 2. The topological polar surface area (TPSA) is 121 Å². The number of nitrogens with zero attached hydrogens (tertiary/aromatic N) is 2. The monoisotopic (exact) mass is 512 g/mol. The molecule has 0 bridgehead atoms. The van der Waals surface area contributed by atoms with Crippen molar-refractivity contribution in [3.8, 4) is 0 Å². The Hall–Kier alpha value is -4.46. The summed E-state index contributed by atoms with van der Waals surface area (Å²) in [7, 11) is 3.67. The van der Waals surface area contributed by atoms with Gasteiger partial charge in [-0.25, -0.2) is 9.59 Å². The van der Waals surface area contributed by atoms with Gasteiger partial charge in [0, 0.05) is 52.7 Å². The van der Waals surface area contributed by atoms with Crippen LogP contribution in [0.2, 0.25) is 0 Å². The van der Waals surface area contributed by atoms with E-state index < -0.39 is 22.8 Å². The molecule has 2 aliphatic heterocycles. The summed E-state index contributed by atoms with van der Waals surface area (Å²) in [5, 5.41) is 32.1. The highest BCUT2D eigenvalue weighted by Gasteiger charge is 2.45. The number of ketones is 1. The molecule has 3 aliphatic rings. The lowest BCUT2D eigenvalue weighted by Gasteiger charge is -2.32. The number of Topliss-reactive ketones (excluding diaryl/α,β-unsaturated/α-hetero) is 1. The van der Waals surface area contributed by atoms with E-state index in [9.17, 15) is 29.7 Å². The lowest BCUT2D eigenvalue weighted by molar-refractivity contribution is -0.401. The summed E-state index contributed by atoms with van der Waals surface area (Å²) in [6.07, 6.45) is 3.23. The Morgan fingerprint density at radius 3 is 2.08 bits per heavy atom. The van der Waals surface area contributed by atoms with E-state index in [1.165, 1.54) is 0 Å². The second-order valence-electron chi connectivity index (χ2n) is 11.0. The van der Waals surface area contributed by atoms with Gasteiger partial charge >= 0.3 is 11.9 Å². The number of carboxylic acids is 2. The molecule has 0 saturated carbocycles. The van der Waals surface area contributed by atoms with Crippen LogP contribution in [0.25, 0.3) is 0 Å². The molecule has 194 valence electrons. The van der Waals surface area contributed by atoms with E-state index in [0.717, 1.165) is 33.9 Å². The zero-order chi connectivity index (χ0) is 27.9. The minimum atomic E-state index is -1.02. The van der Waals surface area contributed by atoms with Crippen LogP contribution in [0, 0.1) is 0 Å². The normalized spacial score (nSPS) is 21.2. The molecule has 2 aromatic rings. The van der Waals surface area contributed by atoms with Gasteiger partial charge in [-0.2, -0.15) is 4.58 Å². The third kappa shape index (κ3) is 3.36. The molecule has 2 heterocycles. The molecule has 0 amide bonds. The van der Waals surface area contributed by atoms with Gasteiger partial charge in [-0.05, 0) is 55.8 Å². The molecular formula is C30H28N2O6. The summed E-state index contributed by atoms with van der Waals surface area (Å²) in [4.78, 5) is 38.1. The van der Waals surface area contributed by atoms with E-state index >= 15 is 0 Å². The molecule has 0 aromatic heterocycles. The number of likely N-dealkylation sites (N-methyl/N-ethyl adjacent to an activating group) is 1. The largest absolute Gasteiger partial charge is 0.871 e. The van der Waals surface area contributed by atoms with Gasteiger partial charge in [0.1, 0.15) is 7.05 Å². The van der Waals surface area contributed by atoms with E-state index in [4.69, 9.17) is 0 Å². The van der Waals surface area contributed by atoms with Gasteiger partial charge in [-0.3, -0.25) is 4.79 Å². The first-order chi connectivity index (χ1) is 17.7. The molecule has 0 spiro atoms. The van der Waals surface area contributed by atoms with Crippen LogP contribution in [-0.2, 0) is 15.6 Å². The number of allylic oxidation sites excluding steroid dienone is 5. The number of fused-ring (bicyclic) bond motifs is 2. The van der Waals surface area contributed by atoms with Gasteiger partial charge < -0.3 is 20.2 Å². The van der Waals surface area contributed by atoms with Crippen LogP contribution in [0.5, 0.6) is 0 Å². The summed E-state index contributed by atoms with van der Waals surface area (Å²) in [6, 6.07) is 9.83. The summed E-state index contributed by atoms with van der Waals surface area (Å²) >= 11 is 0. The molecular weight excluding hydrogens is 484 g/mol. The van der Waals surface area contributed by atoms with Crippen molar-refractivity contribution in [3.05, 3.63) is 93.4 Å². The van der Waals surface area contributed by atoms with Crippen LogP contribution >= 0.6 is 0 Å². The molecule has 0 atom stereocenters. The summed E-state index contributed by atoms with van der Waals surface area (Å²) < 4.78 is 1.88. The summed E-state index contributed by atoms with van der Waals surface area (Å²) in [5.41, 5.74) is 4.02. The van der Waals surface area contributed by atoms with E-state index in [0.29, 0.717) is 0 Å². The quantitative estimate of drug-likeness (QED) is 0.475. The van der Waals surface area contributed by atoms with Gasteiger partial charge in [0.15, 0.2) is 11.5 Å². The lowest BCUT2D eigenvalue weighted by Crippen LogP contribution is -2.34. The van der Waals surface area contributed by atoms with Crippen molar-refractivity contribution in [1.82, 2.24) is 0 Å². The average Bonchev–Trinajstić information content (AvgIpc) is 3.17. The Kier molecular flexibility index (Phi) is 5.32. The highest BCUT2D eigenvalue weighted by Crippen LogP contribution is 2.48. The molecule has 0 radical (unpaired) electrons. The maximum Gasteiger partial charge on any atom is 0.335 e. The first-order valence-electron chi connectivity index (χ1n) is 12.2. The second-order valence-corrected chi connectivity index (χ2v) is 11.0. The van der Waals surface area contributed by atoms with Crippen molar-refractivity contribution in [3.63, 3.8) is 0 Å². The molecule has 0 saturated heterocycles. The van der Waals surface area contributed by atoms with Gasteiger partial charge in [0.25, 0.3) is 0 Å².